The summed E-state index contributed by atoms with van der Waals surface area (Å²) in [5.41, 5.74) is 6.36. The van der Waals surface area contributed by atoms with Crippen molar-refractivity contribution in [2.75, 3.05) is 6.54 Å². The Morgan fingerprint density at radius 2 is 1.75 bits per heavy atom. The Morgan fingerprint density at radius 3 is 2.25 bits per heavy atom. The molecular weight excluding hydrogens is 246 g/mol. The number of benzene rings is 1. The fourth-order valence-corrected chi connectivity index (χ4v) is 2.83. The molecule has 2 rings (SSSR count). The Labute approximate surface area is 122 Å². The van der Waals surface area contributed by atoms with Crippen molar-refractivity contribution in [1.82, 2.24) is 15.1 Å². The fraction of sp³-hybridized carbons (Fsp3) is 0.471. The molecule has 0 aliphatic carbocycles. The predicted molar refractivity (Wildman–Crippen MR) is 84.0 cm³/mol. The molecule has 1 aromatic carbocycles. The summed E-state index contributed by atoms with van der Waals surface area (Å²) in [6.07, 6.45) is 0.966. The van der Waals surface area contributed by atoms with Crippen molar-refractivity contribution >= 4 is 0 Å². The number of likely N-dealkylation sites (N-methyl/N-ethyl adjacent to an activating group) is 1. The minimum atomic E-state index is 0.341. The molecule has 0 fully saturated rings. The molecular formula is C17H25N3. The van der Waals surface area contributed by atoms with Gasteiger partial charge in [-0.15, -0.1) is 0 Å². The van der Waals surface area contributed by atoms with Crippen LogP contribution in [0.2, 0.25) is 0 Å². The highest BCUT2D eigenvalue weighted by molar-refractivity contribution is 5.31. The Balaban J connectivity index is 2.28. The van der Waals surface area contributed by atoms with Gasteiger partial charge >= 0.3 is 0 Å². The smallest absolute Gasteiger partial charge is 0.0596 e. The lowest BCUT2D eigenvalue weighted by atomic mass is 9.97. The van der Waals surface area contributed by atoms with Gasteiger partial charge in [-0.05, 0) is 38.9 Å². The van der Waals surface area contributed by atoms with Crippen LogP contribution in [0.1, 0.15) is 41.0 Å². The number of nitrogens with zero attached hydrogens (tertiary/aromatic N) is 2. The van der Waals surface area contributed by atoms with E-state index in [1.165, 1.54) is 22.4 Å². The van der Waals surface area contributed by atoms with Gasteiger partial charge in [0.2, 0.25) is 0 Å². The van der Waals surface area contributed by atoms with Gasteiger partial charge in [-0.2, -0.15) is 5.10 Å². The molecule has 108 valence electrons. The quantitative estimate of drug-likeness (QED) is 0.904. The van der Waals surface area contributed by atoms with E-state index in [2.05, 4.69) is 55.5 Å². The maximum Gasteiger partial charge on any atom is 0.0596 e. The summed E-state index contributed by atoms with van der Waals surface area (Å²) in [6, 6.07) is 9.30. The molecule has 3 heteroatoms. The van der Waals surface area contributed by atoms with E-state index in [0.29, 0.717) is 6.04 Å². The number of nitrogens with one attached hydrogen (secondary N) is 1. The molecule has 1 atom stereocenters. The Bertz CT molecular complexity index is 564. The fourth-order valence-electron chi connectivity index (χ4n) is 2.83. The monoisotopic (exact) mass is 271 g/mol. The Morgan fingerprint density at radius 1 is 1.10 bits per heavy atom. The van der Waals surface area contributed by atoms with Gasteiger partial charge in [0.05, 0.1) is 5.69 Å². The van der Waals surface area contributed by atoms with Crippen LogP contribution in [0.3, 0.4) is 0 Å². The van der Waals surface area contributed by atoms with Crippen LogP contribution in [-0.4, -0.2) is 16.3 Å². The van der Waals surface area contributed by atoms with Gasteiger partial charge in [-0.3, -0.25) is 4.68 Å². The van der Waals surface area contributed by atoms with Crippen molar-refractivity contribution in [3.63, 3.8) is 0 Å². The van der Waals surface area contributed by atoms with E-state index in [1.54, 1.807) is 0 Å². The zero-order valence-electron chi connectivity index (χ0n) is 13.2. The molecule has 1 heterocycles. The summed E-state index contributed by atoms with van der Waals surface area (Å²) in [6.45, 7) is 9.49. The third kappa shape index (κ3) is 3.48. The lowest BCUT2D eigenvalue weighted by molar-refractivity contribution is 0.528. The Kier molecular flexibility index (Phi) is 4.61. The van der Waals surface area contributed by atoms with E-state index in [4.69, 9.17) is 0 Å². The second-order valence-corrected chi connectivity index (χ2v) is 5.64. The molecule has 0 spiro atoms. The molecule has 1 unspecified atom stereocenters. The van der Waals surface area contributed by atoms with Gasteiger partial charge in [0, 0.05) is 25.2 Å². The van der Waals surface area contributed by atoms with Crippen LogP contribution >= 0.6 is 0 Å². The largest absolute Gasteiger partial charge is 0.310 e. The van der Waals surface area contributed by atoms with E-state index >= 15 is 0 Å². The van der Waals surface area contributed by atoms with Crippen LogP contribution in [0, 0.1) is 20.8 Å². The van der Waals surface area contributed by atoms with Gasteiger partial charge in [-0.25, -0.2) is 0 Å². The van der Waals surface area contributed by atoms with Gasteiger partial charge in [0.1, 0.15) is 0 Å². The van der Waals surface area contributed by atoms with Gasteiger partial charge in [-0.1, -0.05) is 36.2 Å². The lowest BCUT2D eigenvalue weighted by Gasteiger charge is -2.19. The third-order valence-corrected chi connectivity index (χ3v) is 3.61. The normalized spacial score (nSPS) is 12.7. The van der Waals surface area contributed by atoms with E-state index in [0.717, 1.165) is 18.7 Å². The maximum atomic E-state index is 4.44. The van der Waals surface area contributed by atoms with Crippen molar-refractivity contribution in [3.05, 3.63) is 52.3 Å². The second kappa shape index (κ2) is 6.23. The molecule has 1 aromatic heterocycles. The van der Waals surface area contributed by atoms with Crippen LogP contribution in [0.5, 0.6) is 0 Å². The van der Waals surface area contributed by atoms with Gasteiger partial charge in [0.15, 0.2) is 0 Å². The summed E-state index contributed by atoms with van der Waals surface area (Å²) < 4.78 is 1.99. The van der Waals surface area contributed by atoms with Crippen LogP contribution in [0.15, 0.2) is 24.3 Å². The third-order valence-electron chi connectivity index (χ3n) is 3.61. The lowest BCUT2D eigenvalue weighted by Crippen LogP contribution is -2.24. The first kappa shape index (κ1) is 14.8. The van der Waals surface area contributed by atoms with E-state index in [1.807, 2.05) is 18.7 Å². The SMILES string of the molecule is CCNC(Cc1cc(C)nn1C)c1cc(C)cc(C)c1. The Hall–Kier alpha value is -1.61. The molecule has 0 bridgehead atoms. The van der Waals surface area contributed by atoms with Crippen molar-refractivity contribution in [2.45, 2.75) is 40.2 Å². The molecule has 20 heavy (non-hydrogen) atoms. The summed E-state index contributed by atoms with van der Waals surface area (Å²) in [4.78, 5) is 0. The molecule has 0 aliphatic rings. The van der Waals surface area contributed by atoms with Crippen LogP contribution in [-0.2, 0) is 13.5 Å². The summed E-state index contributed by atoms with van der Waals surface area (Å²) >= 11 is 0. The van der Waals surface area contributed by atoms with Gasteiger partial charge in [0.25, 0.3) is 0 Å². The van der Waals surface area contributed by atoms with E-state index in [-0.39, 0.29) is 0 Å². The average molecular weight is 271 g/mol. The number of aromatic nitrogens is 2. The summed E-state index contributed by atoms with van der Waals surface area (Å²) in [5, 5.41) is 8.04. The minimum Gasteiger partial charge on any atom is -0.310 e. The molecule has 0 aliphatic heterocycles. The molecule has 0 saturated heterocycles. The minimum absolute atomic E-state index is 0.341. The van der Waals surface area contributed by atoms with Gasteiger partial charge < -0.3 is 5.32 Å². The van der Waals surface area contributed by atoms with E-state index in [9.17, 15) is 0 Å². The first-order chi connectivity index (χ1) is 9.49. The van der Waals surface area contributed by atoms with E-state index < -0.39 is 0 Å². The van der Waals surface area contributed by atoms with Crippen molar-refractivity contribution in [3.8, 4) is 0 Å². The van der Waals surface area contributed by atoms with Crippen LogP contribution in [0.4, 0.5) is 0 Å². The number of hydrogen-bond acceptors (Lipinski definition) is 2. The maximum absolute atomic E-state index is 4.44. The van der Waals surface area contributed by atoms with Crippen molar-refractivity contribution < 1.29 is 0 Å². The summed E-state index contributed by atoms with van der Waals surface area (Å²) in [5.74, 6) is 0. The highest BCUT2D eigenvalue weighted by Crippen LogP contribution is 2.21. The zero-order valence-corrected chi connectivity index (χ0v) is 13.2. The topological polar surface area (TPSA) is 29.9 Å². The highest BCUT2D eigenvalue weighted by atomic mass is 15.3. The standard InChI is InChI=1S/C17H25N3/c1-6-18-17(11-16-10-14(4)19-20(16)5)15-8-12(2)7-13(3)9-15/h7-10,17-18H,6,11H2,1-5H3. The average Bonchev–Trinajstić information content (AvgIpc) is 2.66. The molecule has 3 nitrogen and oxygen atoms in total. The number of rotatable bonds is 5. The predicted octanol–water partition coefficient (Wildman–Crippen LogP) is 3.24. The second-order valence-electron chi connectivity index (χ2n) is 5.64. The molecule has 1 N–H and O–H groups in total. The molecule has 0 amide bonds. The highest BCUT2D eigenvalue weighted by Gasteiger charge is 2.14. The molecule has 0 saturated carbocycles. The van der Waals surface area contributed by atoms with Crippen LogP contribution < -0.4 is 5.32 Å². The first-order valence-corrected chi connectivity index (χ1v) is 7.30. The zero-order chi connectivity index (χ0) is 14.7. The number of hydrogen-bond donors (Lipinski definition) is 1. The molecule has 0 radical (unpaired) electrons. The number of aryl methyl sites for hydroxylation is 4. The first-order valence-electron chi connectivity index (χ1n) is 7.30. The summed E-state index contributed by atoms with van der Waals surface area (Å²) in [7, 11) is 2.02. The van der Waals surface area contributed by atoms with Crippen molar-refractivity contribution in [2.24, 2.45) is 7.05 Å². The van der Waals surface area contributed by atoms with Crippen molar-refractivity contribution in [1.29, 1.82) is 0 Å². The molecule has 2 aromatic rings. The van der Waals surface area contributed by atoms with Crippen LogP contribution in [0.25, 0.3) is 0 Å².